The van der Waals surface area contributed by atoms with Gasteiger partial charge in [-0.2, -0.15) is 0 Å². The van der Waals surface area contributed by atoms with E-state index in [4.69, 9.17) is 0 Å². The Kier molecular flexibility index (Phi) is 4.19. The Bertz CT molecular complexity index is 1070. The van der Waals surface area contributed by atoms with E-state index in [1.165, 1.54) is 11.8 Å². The van der Waals surface area contributed by atoms with E-state index >= 15 is 0 Å². The monoisotopic (exact) mass is 368 g/mol. The van der Waals surface area contributed by atoms with Crippen LogP contribution in [0.4, 0.5) is 5.69 Å². The number of thiazole rings is 1. The van der Waals surface area contributed by atoms with Gasteiger partial charge >= 0.3 is 0 Å². The summed E-state index contributed by atoms with van der Waals surface area (Å²) in [5.74, 6) is -0.0492. The van der Waals surface area contributed by atoms with E-state index in [2.05, 4.69) is 21.6 Å². The zero-order valence-corrected chi connectivity index (χ0v) is 15.4. The molecule has 1 atom stereocenters. The molecular weight excluding hydrogens is 352 g/mol. The number of aryl methyl sites for hydroxylation is 1. The number of amides is 1. The van der Waals surface area contributed by atoms with Crippen LogP contribution in [0.5, 0.6) is 0 Å². The predicted octanol–water partition coefficient (Wildman–Crippen LogP) is 4.37. The van der Waals surface area contributed by atoms with E-state index in [9.17, 15) is 4.79 Å². The summed E-state index contributed by atoms with van der Waals surface area (Å²) in [5.41, 5.74) is 2.99. The Morgan fingerprint density at radius 2 is 2.04 bits per heavy atom. The summed E-state index contributed by atoms with van der Waals surface area (Å²) < 4.78 is 3.17. The van der Waals surface area contributed by atoms with E-state index in [0.29, 0.717) is 0 Å². The summed E-state index contributed by atoms with van der Waals surface area (Å²) in [6, 6.07) is 15.9. The second kappa shape index (κ2) is 6.50. The van der Waals surface area contributed by atoms with E-state index in [0.717, 1.165) is 31.6 Å². The fraction of sp³-hybridized carbons (Fsp3) is 0.167. The van der Waals surface area contributed by atoms with Crippen molar-refractivity contribution in [2.24, 2.45) is 0 Å². The number of nitrogens with one attached hydrogen (secondary N) is 1. The van der Waals surface area contributed by atoms with Crippen molar-refractivity contribution in [3.8, 4) is 0 Å². The number of hydrogen-bond donors (Lipinski definition) is 1. The lowest BCUT2D eigenvalue weighted by atomic mass is 10.2. The molecule has 5 nitrogen and oxygen atoms in total. The summed E-state index contributed by atoms with van der Waals surface area (Å²) in [5, 5.41) is 11.9. The number of carbonyl (C=O) groups excluding carboxylic acids is 1. The maximum Gasteiger partial charge on any atom is 0.237 e. The predicted molar refractivity (Wildman–Crippen MR) is 103 cm³/mol. The minimum atomic E-state index is -0.286. The number of nitrogens with zero attached hydrogens (tertiary/aromatic N) is 3. The molecule has 0 radical (unpaired) electrons. The Hall–Kier alpha value is -2.38. The van der Waals surface area contributed by atoms with Crippen LogP contribution in [0.1, 0.15) is 12.5 Å². The van der Waals surface area contributed by atoms with Crippen LogP contribution in [0.25, 0.3) is 15.2 Å². The lowest BCUT2D eigenvalue weighted by Crippen LogP contribution is -2.22. The maximum absolute atomic E-state index is 12.5. The van der Waals surface area contributed by atoms with Crippen LogP contribution in [0.3, 0.4) is 0 Å². The van der Waals surface area contributed by atoms with Gasteiger partial charge in [-0.15, -0.1) is 10.2 Å². The molecule has 1 amide bonds. The summed E-state index contributed by atoms with van der Waals surface area (Å²) in [6.07, 6.45) is 0. The van der Waals surface area contributed by atoms with Gasteiger partial charge in [-0.25, -0.2) is 0 Å². The molecule has 2 aromatic heterocycles. The van der Waals surface area contributed by atoms with E-state index < -0.39 is 0 Å². The molecule has 0 aliphatic rings. The van der Waals surface area contributed by atoms with Crippen molar-refractivity contribution >= 4 is 49.9 Å². The molecule has 1 unspecified atom stereocenters. The highest BCUT2D eigenvalue weighted by atomic mass is 32.2. The standard InChI is InChI=1S/C18H16N4OS2/c1-11-6-5-7-13(10-11)19-16(23)12(2)24-17-20-21-18-22(17)14-8-3-4-9-15(14)25-18/h3-10,12H,1-2H3,(H,19,23). The molecule has 0 aliphatic heterocycles. The number of benzene rings is 2. The van der Waals surface area contributed by atoms with Crippen molar-refractivity contribution in [2.75, 3.05) is 5.32 Å². The Morgan fingerprint density at radius 1 is 1.20 bits per heavy atom. The molecule has 2 heterocycles. The average molecular weight is 368 g/mol. The topological polar surface area (TPSA) is 59.3 Å². The van der Waals surface area contributed by atoms with Gasteiger partial charge in [0.2, 0.25) is 10.9 Å². The van der Waals surface area contributed by atoms with Crippen molar-refractivity contribution < 1.29 is 4.79 Å². The van der Waals surface area contributed by atoms with Crippen molar-refractivity contribution in [3.63, 3.8) is 0 Å². The van der Waals surface area contributed by atoms with E-state index in [1.54, 1.807) is 11.3 Å². The number of thioether (sulfide) groups is 1. The molecule has 0 fully saturated rings. The fourth-order valence-electron chi connectivity index (χ4n) is 2.61. The number of anilines is 1. The summed E-state index contributed by atoms with van der Waals surface area (Å²) in [4.78, 5) is 13.3. The molecule has 0 saturated heterocycles. The summed E-state index contributed by atoms with van der Waals surface area (Å²) >= 11 is 3.01. The molecule has 25 heavy (non-hydrogen) atoms. The van der Waals surface area contributed by atoms with Crippen molar-refractivity contribution in [2.45, 2.75) is 24.3 Å². The highest BCUT2D eigenvalue weighted by molar-refractivity contribution is 8.00. The molecule has 2 aromatic carbocycles. The van der Waals surface area contributed by atoms with Crippen LogP contribution >= 0.6 is 23.1 Å². The lowest BCUT2D eigenvalue weighted by Gasteiger charge is -2.11. The van der Waals surface area contributed by atoms with Gasteiger partial charge in [0.25, 0.3) is 0 Å². The Balaban J connectivity index is 1.57. The number of fused-ring (bicyclic) bond motifs is 3. The number of carbonyl (C=O) groups is 1. The first kappa shape index (κ1) is 16.1. The third-order valence-electron chi connectivity index (χ3n) is 3.85. The van der Waals surface area contributed by atoms with Crippen molar-refractivity contribution in [3.05, 3.63) is 54.1 Å². The van der Waals surface area contributed by atoms with Crippen LogP contribution in [0.2, 0.25) is 0 Å². The van der Waals surface area contributed by atoms with Gasteiger partial charge in [0.15, 0.2) is 5.16 Å². The van der Waals surface area contributed by atoms with E-state index in [1.807, 2.05) is 60.7 Å². The first-order chi connectivity index (χ1) is 12.1. The smallest absolute Gasteiger partial charge is 0.237 e. The second-order valence-electron chi connectivity index (χ2n) is 5.79. The van der Waals surface area contributed by atoms with Crippen LogP contribution in [0, 0.1) is 6.92 Å². The van der Waals surface area contributed by atoms with Gasteiger partial charge in [-0.3, -0.25) is 9.20 Å². The highest BCUT2D eigenvalue weighted by Gasteiger charge is 2.20. The molecular formula is C18H16N4OS2. The van der Waals surface area contributed by atoms with Crippen molar-refractivity contribution in [1.82, 2.24) is 14.6 Å². The summed E-state index contributed by atoms with van der Waals surface area (Å²) in [7, 11) is 0. The van der Waals surface area contributed by atoms with Gasteiger partial charge in [-0.1, -0.05) is 47.4 Å². The van der Waals surface area contributed by atoms with Gasteiger partial charge in [0.1, 0.15) is 0 Å². The molecule has 4 rings (SSSR count). The van der Waals surface area contributed by atoms with Gasteiger partial charge in [0, 0.05) is 5.69 Å². The first-order valence-electron chi connectivity index (χ1n) is 7.88. The number of aromatic nitrogens is 3. The third kappa shape index (κ3) is 3.12. The molecule has 0 saturated carbocycles. The average Bonchev–Trinajstić information content (AvgIpc) is 3.14. The fourth-order valence-corrected chi connectivity index (χ4v) is 4.49. The Morgan fingerprint density at radius 3 is 2.88 bits per heavy atom. The third-order valence-corrected chi connectivity index (χ3v) is 5.90. The SMILES string of the molecule is Cc1cccc(NC(=O)C(C)Sc2nnc3sc4ccccc4n23)c1. The lowest BCUT2D eigenvalue weighted by molar-refractivity contribution is -0.115. The number of hydrogen-bond acceptors (Lipinski definition) is 5. The Labute approximate surface area is 153 Å². The largest absolute Gasteiger partial charge is 0.325 e. The molecule has 126 valence electrons. The van der Waals surface area contributed by atoms with Crippen molar-refractivity contribution in [1.29, 1.82) is 0 Å². The van der Waals surface area contributed by atoms with Gasteiger partial charge in [0.05, 0.1) is 15.5 Å². The quantitative estimate of drug-likeness (QED) is 0.543. The maximum atomic E-state index is 12.5. The first-order valence-corrected chi connectivity index (χ1v) is 9.58. The minimum absolute atomic E-state index is 0.0492. The van der Waals surface area contributed by atoms with E-state index in [-0.39, 0.29) is 11.2 Å². The summed E-state index contributed by atoms with van der Waals surface area (Å²) in [6.45, 7) is 3.88. The van der Waals surface area contributed by atoms with Crippen LogP contribution in [-0.4, -0.2) is 25.8 Å². The number of para-hydroxylation sites is 1. The van der Waals surface area contributed by atoms with Crippen LogP contribution in [-0.2, 0) is 4.79 Å². The zero-order chi connectivity index (χ0) is 17.4. The molecule has 4 aromatic rings. The molecule has 1 N–H and O–H groups in total. The van der Waals surface area contributed by atoms with Gasteiger partial charge < -0.3 is 5.32 Å². The van der Waals surface area contributed by atoms with Crippen LogP contribution in [0.15, 0.2) is 53.7 Å². The van der Waals surface area contributed by atoms with Crippen LogP contribution < -0.4 is 5.32 Å². The minimum Gasteiger partial charge on any atom is -0.325 e. The zero-order valence-electron chi connectivity index (χ0n) is 13.8. The van der Waals surface area contributed by atoms with Gasteiger partial charge in [-0.05, 0) is 43.7 Å². The normalized spacial score (nSPS) is 12.6. The molecule has 7 heteroatoms. The molecule has 0 bridgehead atoms. The molecule has 0 aliphatic carbocycles. The molecule has 0 spiro atoms. The second-order valence-corrected chi connectivity index (χ2v) is 8.11. The number of rotatable bonds is 4. The highest BCUT2D eigenvalue weighted by Crippen LogP contribution is 2.31.